The van der Waals surface area contributed by atoms with Gasteiger partial charge in [0, 0.05) is 24.9 Å². The van der Waals surface area contributed by atoms with Crippen LogP contribution in [0, 0.1) is 0 Å². The van der Waals surface area contributed by atoms with E-state index in [0.717, 1.165) is 18.7 Å². The number of aromatic nitrogens is 4. The van der Waals surface area contributed by atoms with Gasteiger partial charge in [-0.3, -0.25) is 9.67 Å². The van der Waals surface area contributed by atoms with Crippen LogP contribution in [0.15, 0.2) is 30.7 Å². The van der Waals surface area contributed by atoms with E-state index in [2.05, 4.69) is 15.1 Å². The maximum atomic E-state index is 5.68. The van der Waals surface area contributed by atoms with Crippen molar-refractivity contribution in [2.75, 3.05) is 0 Å². The smallest absolute Gasteiger partial charge is 0.166 e. The third-order valence-electron chi connectivity index (χ3n) is 2.28. The largest absolute Gasteiger partial charge is 0.321 e. The molecule has 0 spiro atoms. The molecular weight excluding hydrogens is 202 g/mol. The van der Waals surface area contributed by atoms with Crippen LogP contribution in [0.1, 0.15) is 24.5 Å². The van der Waals surface area contributed by atoms with Crippen molar-refractivity contribution in [1.82, 2.24) is 19.7 Å². The molecule has 1 atom stereocenters. The molecule has 0 fully saturated rings. The number of pyridine rings is 1. The van der Waals surface area contributed by atoms with Gasteiger partial charge in [-0.15, -0.1) is 0 Å². The van der Waals surface area contributed by atoms with E-state index in [0.29, 0.717) is 5.82 Å². The first-order valence-electron chi connectivity index (χ1n) is 5.30. The molecule has 0 bridgehead atoms. The second-order valence-electron chi connectivity index (χ2n) is 3.73. The lowest BCUT2D eigenvalue weighted by atomic mass is 10.3. The molecule has 2 N–H and O–H groups in total. The minimum absolute atomic E-state index is 0.115. The number of nitrogens with two attached hydrogens (primary N) is 1. The summed E-state index contributed by atoms with van der Waals surface area (Å²) in [7, 11) is 0. The molecule has 5 nitrogen and oxygen atoms in total. The zero-order chi connectivity index (χ0) is 11.4. The fraction of sp³-hybridized carbons (Fsp3) is 0.364. The van der Waals surface area contributed by atoms with Crippen LogP contribution < -0.4 is 5.73 Å². The van der Waals surface area contributed by atoms with Gasteiger partial charge in [0.2, 0.25) is 0 Å². The van der Waals surface area contributed by atoms with E-state index in [4.69, 9.17) is 5.73 Å². The highest BCUT2D eigenvalue weighted by molar-refractivity contribution is 5.03. The predicted octanol–water partition coefficient (Wildman–Crippen LogP) is 0.936. The molecule has 2 heterocycles. The molecule has 0 radical (unpaired) electrons. The molecule has 0 saturated heterocycles. The Labute approximate surface area is 94.3 Å². The summed E-state index contributed by atoms with van der Waals surface area (Å²) in [5, 5.41) is 4.28. The van der Waals surface area contributed by atoms with E-state index in [-0.39, 0.29) is 6.04 Å². The lowest BCUT2D eigenvalue weighted by Gasteiger charge is -2.00. The van der Waals surface area contributed by atoms with Crippen molar-refractivity contribution < 1.29 is 0 Å². The Kier molecular flexibility index (Phi) is 3.26. The molecule has 2 aromatic rings. The predicted molar refractivity (Wildman–Crippen MR) is 60.6 cm³/mol. The van der Waals surface area contributed by atoms with E-state index in [1.165, 1.54) is 0 Å². The fourth-order valence-electron chi connectivity index (χ4n) is 1.40. The van der Waals surface area contributed by atoms with Crippen LogP contribution in [0.3, 0.4) is 0 Å². The summed E-state index contributed by atoms with van der Waals surface area (Å²) < 4.78 is 1.80. The number of aryl methyl sites for hydroxylation is 2. The molecule has 0 aliphatic heterocycles. The number of hydrogen-bond acceptors (Lipinski definition) is 4. The summed E-state index contributed by atoms with van der Waals surface area (Å²) in [6, 6.07) is 5.78. The van der Waals surface area contributed by atoms with Gasteiger partial charge in [0.05, 0.1) is 6.04 Å². The van der Waals surface area contributed by atoms with Gasteiger partial charge in [0.15, 0.2) is 5.82 Å². The van der Waals surface area contributed by atoms with E-state index in [1.54, 1.807) is 17.2 Å². The van der Waals surface area contributed by atoms with E-state index in [9.17, 15) is 0 Å². The van der Waals surface area contributed by atoms with Gasteiger partial charge >= 0.3 is 0 Å². The van der Waals surface area contributed by atoms with Gasteiger partial charge in [0.1, 0.15) is 6.33 Å². The Bertz CT molecular complexity index is 435. The van der Waals surface area contributed by atoms with Gasteiger partial charge in [-0.25, -0.2) is 4.98 Å². The lowest BCUT2D eigenvalue weighted by molar-refractivity contribution is 0.590. The van der Waals surface area contributed by atoms with Crippen LogP contribution in [0.25, 0.3) is 0 Å². The minimum atomic E-state index is -0.115. The summed E-state index contributed by atoms with van der Waals surface area (Å²) in [4.78, 5) is 8.38. The molecule has 2 aromatic heterocycles. The third kappa shape index (κ3) is 2.64. The monoisotopic (exact) mass is 217 g/mol. The second kappa shape index (κ2) is 4.85. The molecule has 0 amide bonds. The highest BCUT2D eigenvalue weighted by Crippen LogP contribution is 2.02. The first-order valence-corrected chi connectivity index (χ1v) is 5.30. The highest BCUT2D eigenvalue weighted by atomic mass is 15.3. The SMILES string of the molecule is CC(N)c1ncn(CCc2ccccn2)n1. The number of nitrogens with zero attached hydrogens (tertiary/aromatic N) is 4. The number of hydrogen-bond donors (Lipinski definition) is 1. The molecular formula is C11H15N5. The maximum Gasteiger partial charge on any atom is 0.166 e. The van der Waals surface area contributed by atoms with E-state index >= 15 is 0 Å². The van der Waals surface area contributed by atoms with Gasteiger partial charge in [-0.2, -0.15) is 5.10 Å². The van der Waals surface area contributed by atoms with Crippen molar-refractivity contribution in [1.29, 1.82) is 0 Å². The van der Waals surface area contributed by atoms with Crippen LogP contribution in [-0.2, 0) is 13.0 Å². The highest BCUT2D eigenvalue weighted by Gasteiger charge is 2.05. The van der Waals surface area contributed by atoms with Gasteiger partial charge in [-0.05, 0) is 19.1 Å². The summed E-state index contributed by atoms with van der Waals surface area (Å²) in [6.07, 6.45) is 4.36. The van der Waals surface area contributed by atoms with Crippen molar-refractivity contribution in [3.8, 4) is 0 Å². The molecule has 0 aliphatic carbocycles. The van der Waals surface area contributed by atoms with Gasteiger partial charge in [-0.1, -0.05) is 6.07 Å². The van der Waals surface area contributed by atoms with Crippen molar-refractivity contribution in [2.24, 2.45) is 5.73 Å². The van der Waals surface area contributed by atoms with Gasteiger partial charge in [0.25, 0.3) is 0 Å². The van der Waals surface area contributed by atoms with Crippen molar-refractivity contribution in [3.63, 3.8) is 0 Å². The quantitative estimate of drug-likeness (QED) is 0.827. The van der Waals surface area contributed by atoms with E-state index < -0.39 is 0 Å². The minimum Gasteiger partial charge on any atom is -0.321 e. The Morgan fingerprint density at radius 1 is 1.38 bits per heavy atom. The Balaban J connectivity index is 1.95. The van der Waals surface area contributed by atoms with Crippen LogP contribution in [0.2, 0.25) is 0 Å². The molecule has 1 unspecified atom stereocenters. The zero-order valence-corrected chi connectivity index (χ0v) is 9.24. The fourth-order valence-corrected chi connectivity index (χ4v) is 1.40. The first kappa shape index (κ1) is 10.8. The molecule has 5 heteroatoms. The average molecular weight is 217 g/mol. The lowest BCUT2D eigenvalue weighted by Crippen LogP contribution is -2.09. The first-order chi connectivity index (χ1) is 7.75. The molecule has 84 valence electrons. The molecule has 2 rings (SSSR count). The second-order valence-corrected chi connectivity index (χ2v) is 3.73. The van der Waals surface area contributed by atoms with Crippen LogP contribution in [0.5, 0.6) is 0 Å². The summed E-state index contributed by atoms with van der Waals surface area (Å²) in [5.41, 5.74) is 6.74. The zero-order valence-electron chi connectivity index (χ0n) is 9.24. The van der Waals surface area contributed by atoms with Crippen molar-refractivity contribution >= 4 is 0 Å². The van der Waals surface area contributed by atoms with Crippen LogP contribution in [-0.4, -0.2) is 19.7 Å². The topological polar surface area (TPSA) is 69.6 Å². The Morgan fingerprint density at radius 3 is 2.88 bits per heavy atom. The maximum absolute atomic E-state index is 5.68. The molecule has 0 aliphatic rings. The van der Waals surface area contributed by atoms with Crippen LogP contribution >= 0.6 is 0 Å². The Morgan fingerprint density at radius 2 is 2.25 bits per heavy atom. The van der Waals surface area contributed by atoms with Crippen molar-refractivity contribution in [3.05, 3.63) is 42.2 Å². The normalized spacial score (nSPS) is 12.6. The summed E-state index contributed by atoms with van der Waals surface area (Å²) >= 11 is 0. The standard InChI is InChI=1S/C11H15N5/c1-9(12)11-14-8-16(15-11)7-5-10-4-2-3-6-13-10/h2-4,6,8-9H,5,7,12H2,1H3. The Hall–Kier alpha value is -1.75. The molecule has 16 heavy (non-hydrogen) atoms. The van der Waals surface area contributed by atoms with Gasteiger partial charge < -0.3 is 5.73 Å². The summed E-state index contributed by atoms with van der Waals surface area (Å²) in [5.74, 6) is 0.682. The third-order valence-corrected chi connectivity index (χ3v) is 2.28. The van der Waals surface area contributed by atoms with Crippen molar-refractivity contribution in [2.45, 2.75) is 25.9 Å². The molecule has 0 saturated carbocycles. The summed E-state index contributed by atoms with van der Waals surface area (Å²) in [6.45, 7) is 2.65. The van der Waals surface area contributed by atoms with E-state index in [1.807, 2.05) is 25.1 Å². The van der Waals surface area contributed by atoms with Crippen LogP contribution in [0.4, 0.5) is 0 Å². The number of rotatable bonds is 4. The molecule has 0 aromatic carbocycles. The average Bonchev–Trinajstić information content (AvgIpc) is 2.76.